The fourth-order valence-electron chi connectivity index (χ4n) is 2.50. The lowest BCUT2D eigenvalue weighted by molar-refractivity contribution is 0.00578. The van der Waals surface area contributed by atoms with E-state index >= 15 is 0 Å². The molecule has 0 amide bonds. The number of hydrogen-bond donors (Lipinski definition) is 2. The third-order valence-corrected chi connectivity index (χ3v) is 4.57. The second kappa shape index (κ2) is 6.86. The van der Waals surface area contributed by atoms with E-state index in [-0.39, 0.29) is 5.56 Å². The van der Waals surface area contributed by atoms with Crippen molar-refractivity contribution in [3.63, 3.8) is 0 Å². The molecule has 5 nitrogen and oxygen atoms in total. The van der Waals surface area contributed by atoms with E-state index in [1.54, 1.807) is 7.05 Å². The van der Waals surface area contributed by atoms with Crippen LogP contribution in [-0.2, 0) is 9.31 Å². The summed E-state index contributed by atoms with van der Waals surface area (Å²) in [6.07, 6.45) is 1.54. The van der Waals surface area contributed by atoms with Crippen molar-refractivity contribution in [2.75, 3.05) is 13.6 Å². The fraction of sp³-hybridized carbons (Fsp3) is 0.471. The Balaban J connectivity index is 2.40. The molecule has 0 aliphatic carbocycles. The molecule has 0 aromatic heterocycles. The van der Waals surface area contributed by atoms with Crippen LogP contribution in [0.25, 0.3) is 6.08 Å². The zero-order valence-corrected chi connectivity index (χ0v) is 14.9. The highest BCUT2D eigenvalue weighted by Gasteiger charge is 2.52. The Morgan fingerprint density at radius 2 is 1.68 bits per heavy atom. The average molecular weight is 353 g/mol. The van der Waals surface area contributed by atoms with Gasteiger partial charge in [0.25, 0.3) is 0 Å². The van der Waals surface area contributed by atoms with E-state index in [9.17, 15) is 13.6 Å². The van der Waals surface area contributed by atoms with Gasteiger partial charge in [0.2, 0.25) is 0 Å². The van der Waals surface area contributed by atoms with Gasteiger partial charge in [-0.3, -0.25) is 0 Å². The van der Waals surface area contributed by atoms with Gasteiger partial charge in [0.15, 0.2) is 0 Å². The molecule has 0 unspecified atom stereocenters. The SMILES string of the molecule is CNCC(=Cc1cc(F)c(C(=O)O)c(F)c1)B1OC(C)(C)C(C)(C)O1. The number of carbonyl (C=O) groups is 1. The summed E-state index contributed by atoms with van der Waals surface area (Å²) in [7, 11) is 1.05. The quantitative estimate of drug-likeness (QED) is 0.797. The van der Waals surface area contributed by atoms with Crippen LogP contribution >= 0.6 is 0 Å². The van der Waals surface area contributed by atoms with E-state index < -0.39 is 41.5 Å². The van der Waals surface area contributed by atoms with Crippen LogP contribution in [0.15, 0.2) is 17.6 Å². The van der Waals surface area contributed by atoms with Gasteiger partial charge in [-0.05, 0) is 57.9 Å². The molecule has 0 radical (unpaired) electrons. The van der Waals surface area contributed by atoms with Gasteiger partial charge in [-0.1, -0.05) is 6.08 Å². The van der Waals surface area contributed by atoms with Crippen molar-refractivity contribution < 1.29 is 28.0 Å². The van der Waals surface area contributed by atoms with E-state index in [2.05, 4.69) is 5.32 Å². The van der Waals surface area contributed by atoms with Crippen molar-refractivity contribution in [1.29, 1.82) is 0 Å². The minimum absolute atomic E-state index is 0.194. The molecule has 1 aliphatic heterocycles. The first-order chi connectivity index (χ1) is 11.5. The normalized spacial score (nSPS) is 19.3. The van der Waals surface area contributed by atoms with Gasteiger partial charge in [-0.2, -0.15) is 0 Å². The van der Waals surface area contributed by atoms with Crippen molar-refractivity contribution in [1.82, 2.24) is 5.32 Å². The Labute approximate surface area is 146 Å². The Bertz CT molecular complexity index is 680. The zero-order valence-electron chi connectivity index (χ0n) is 14.9. The Morgan fingerprint density at radius 1 is 1.20 bits per heavy atom. The lowest BCUT2D eigenvalue weighted by Crippen LogP contribution is -2.41. The molecule has 25 heavy (non-hydrogen) atoms. The average Bonchev–Trinajstić information content (AvgIpc) is 2.65. The lowest BCUT2D eigenvalue weighted by atomic mass is 9.77. The van der Waals surface area contributed by atoms with Crippen LogP contribution in [0.5, 0.6) is 0 Å². The molecule has 0 spiro atoms. The summed E-state index contributed by atoms with van der Waals surface area (Å²) in [6.45, 7) is 8.01. The fourth-order valence-corrected chi connectivity index (χ4v) is 2.50. The number of nitrogens with one attached hydrogen (secondary N) is 1. The van der Waals surface area contributed by atoms with Crippen LogP contribution in [0.2, 0.25) is 0 Å². The Morgan fingerprint density at radius 3 is 2.08 bits per heavy atom. The molecule has 0 atom stereocenters. The molecule has 136 valence electrons. The number of likely N-dealkylation sites (N-methyl/N-ethyl adjacent to an activating group) is 1. The maximum absolute atomic E-state index is 13.9. The van der Waals surface area contributed by atoms with Gasteiger partial charge < -0.3 is 19.7 Å². The minimum Gasteiger partial charge on any atom is -0.477 e. The number of carboxylic acid groups (broad SMARTS) is 1. The molecule has 2 rings (SSSR count). The van der Waals surface area contributed by atoms with Gasteiger partial charge in [-0.25, -0.2) is 13.6 Å². The van der Waals surface area contributed by atoms with Gasteiger partial charge >= 0.3 is 13.1 Å². The Hall–Kier alpha value is -1.77. The molecular formula is C17H22BF2NO4. The zero-order chi connectivity index (χ0) is 19.0. The van der Waals surface area contributed by atoms with E-state index in [0.717, 1.165) is 12.1 Å². The Kier molecular flexibility index (Phi) is 5.37. The highest BCUT2D eigenvalue weighted by Crippen LogP contribution is 2.38. The van der Waals surface area contributed by atoms with E-state index in [0.29, 0.717) is 12.0 Å². The van der Waals surface area contributed by atoms with E-state index in [1.165, 1.54) is 6.08 Å². The highest BCUT2D eigenvalue weighted by atomic mass is 19.1. The number of carboxylic acids is 1. The molecule has 1 saturated heterocycles. The monoisotopic (exact) mass is 353 g/mol. The summed E-state index contributed by atoms with van der Waals surface area (Å²) in [6, 6.07) is 1.96. The third-order valence-electron chi connectivity index (χ3n) is 4.57. The molecule has 0 saturated carbocycles. The summed E-state index contributed by atoms with van der Waals surface area (Å²) >= 11 is 0. The van der Waals surface area contributed by atoms with Crippen molar-refractivity contribution in [3.05, 3.63) is 40.4 Å². The largest absolute Gasteiger partial charge is 0.491 e. The summed E-state index contributed by atoms with van der Waals surface area (Å²) in [5.41, 5.74) is -1.23. The molecule has 1 aromatic carbocycles. The predicted octanol–water partition coefficient (Wildman–Crippen LogP) is 2.90. The number of rotatable bonds is 5. The first-order valence-corrected chi connectivity index (χ1v) is 7.91. The molecule has 1 aromatic rings. The second-order valence-electron chi connectivity index (χ2n) is 7.00. The van der Waals surface area contributed by atoms with Crippen molar-refractivity contribution >= 4 is 19.2 Å². The summed E-state index contributed by atoms with van der Waals surface area (Å²) in [5, 5.41) is 11.8. The third kappa shape index (κ3) is 3.91. The van der Waals surface area contributed by atoms with Crippen LogP contribution in [0, 0.1) is 11.6 Å². The maximum Gasteiger partial charge on any atom is 0.491 e. The molecule has 1 heterocycles. The molecular weight excluding hydrogens is 331 g/mol. The van der Waals surface area contributed by atoms with Crippen LogP contribution in [-0.4, -0.2) is 43.0 Å². The van der Waals surface area contributed by atoms with Crippen molar-refractivity contribution in [2.24, 2.45) is 0 Å². The van der Waals surface area contributed by atoms with Crippen LogP contribution in [0.4, 0.5) is 8.78 Å². The van der Waals surface area contributed by atoms with E-state index in [4.69, 9.17) is 14.4 Å². The molecule has 8 heteroatoms. The molecule has 2 N–H and O–H groups in total. The van der Waals surface area contributed by atoms with Gasteiger partial charge in [0.05, 0.1) is 11.2 Å². The van der Waals surface area contributed by atoms with Gasteiger partial charge in [0.1, 0.15) is 17.2 Å². The number of aromatic carboxylic acids is 1. The first kappa shape index (κ1) is 19.6. The second-order valence-corrected chi connectivity index (χ2v) is 7.00. The topological polar surface area (TPSA) is 67.8 Å². The highest BCUT2D eigenvalue weighted by molar-refractivity contribution is 6.55. The number of halogens is 2. The predicted molar refractivity (Wildman–Crippen MR) is 91.3 cm³/mol. The number of hydrogen-bond acceptors (Lipinski definition) is 4. The maximum atomic E-state index is 13.9. The minimum atomic E-state index is -1.65. The van der Waals surface area contributed by atoms with Crippen molar-refractivity contribution in [3.8, 4) is 0 Å². The van der Waals surface area contributed by atoms with E-state index in [1.807, 2.05) is 27.7 Å². The molecule has 1 fully saturated rings. The van der Waals surface area contributed by atoms with Gasteiger partial charge in [0, 0.05) is 6.54 Å². The smallest absolute Gasteiger partial charge is 0.477 e. The molecule has 0 bridgehead atoms. The summed E-state index contributed by atoms with van der Waals surface area (Å²) < 4.78 is 39.7. The van der Waals surface area contributed by atoms with Crippen LogP contribution < -0.4 is 5.32 Å². The first-order valence-electron chi connectivity index (χ1n) is 7.91. The van der Waals surface area contributed by atoms with Crippen LogP contribution in [0.1, 0.15) is 43.6 Å². The van der Waals surface area contributed by atoms with Gasteiger partial charge in [-0.15, -0.1) is 0 Å². The summed E-state index contributed by atoms with van der Waals surface area (Å²) in [5.74, 6) is -3.90. The molecule has 1 aliphatic rings. The standard InChI is InChI=1S/C17H22BF2NO4/c1-16(2)17(3,4)25-18(24-16)11(9-21-5)6-10-7-12(19)14(15(22)23)13(20)8-10/h6-8,21H,9H2,1-5H3,(H,22,23). The summed E-state index contributed by atoms with van der Waals surface area (Å²) in [4.78, 5) is 10.9. The lowest BCUT2D eigenvalue weighted by Gasteiger charge is -2.32. The number of benzene rings is 1. The van der Waals surface area contributed by atoms with Crippen LogP contribution in [0.3, 0.4) is 0 Å². The van der Waals surface area contributed by atoms with Crippen molar-refractivity contribution in [2.45, 2.75) is 38.9 Å².